The van der Waals surface area contributed by atoms with Gasteiger partial charge < -0.3 is 25.2 Å². The number of benzene rings is 1. The Bertz CT molecular complexity index is 1500. The van der Waals surface area contributed by atoms with Gasteiger partial charge in [0.2, 0.25) is 11.8 Å². The molecule has 220 valence electrons. The van der Waals surface area contributed by atoms with Crippen molar-refractivity contribution in [3.63, 3.8) is 0 Å². The van der Waals surface area contributed by atoms with Crippen molar-refractivity contribution >= 4 is 28.9 Å². The zero-order valence-electron chi connectivity index (χ0n) is 24.6. The number of hydrogen-bond acceptors (Lipinski definition) is 8. The number of ether oxygens (including phenoxy) is 1. The van der Waals surface area contributed by atoms with E-state index in [1.54, 1.807) is 23.0 Å². The van der Waals surface area contributed by atoms with Gasteiger partial charge in [0.15, 0.2) is 0 Å². The van der Waals surface area contributed by atoms with Gasteiger partial charge in [-0.2, -0.15) is 10.1 Å². The van der Waals surface area contributed by atoms with Crippen LogP contribution in [0, 0.1) is 18.8 Å². The van der Waals surface area contributed by atoms with Crippen LogP contribution in [0.2, 0.25) is 0 Å². The molecule has 1 aliphatic carbocycles. The van der Waals surface area contributed by atoms with Crippen molar-refractivity contribution in [3.8, 4) is 17.1 Å². The summed E-state index contributed by atoms with van der Waals surface area (Å²) in [5.41, 5.74) is 5.84. The fraction of sp³-hybridized carbons (Fsp3) is 0.500. The van der Waals surface area contributed by atoms with Gasteiger partial charge in [0.1, 0.15) is 0 Å². The number of amides is 1. The summed E-state index contributed by atoms with van der Waals surface area (Å²) in [5, 5.41) is 11.5. The first-order chi connectivity index (χ1) is 20.5. The van der Waals surface area contributed by atoms with Crippen LogP contribution in [-0.2, 0) is 7.05 Å². The first kappa shape index (κ1) is 26.9. The normalized spacial score (nSPS) is 22.1. The van der Waals surface area contributed by atoms with E-state index in [-0.39, 0.29) is 5.91 Å². The molecule has 2 fully saturated rings. The topological polar surface area (TPSA) is 99.9 Å². The van der Waals surface area contributed by atoms with Crippen LogP contribution >= 0.6 is 0 Å². The standard InChI is InChI=1S/C32H40N8O2/c1-21-16-24-17-28(35-21)26-19-34-38(2)31(26)42-15-5-6-23(22-7-8-22)20-40-29-18-25(33-11-14-39-12-3-4-13-39)9-10-27(29)36-32(40)37-30(24)41/h9-10,16-19,22-23,33H,3-8,11-15,20H2,1-2H3,(H,36,37,41). The highest BCUT2D eigenvalue weighted by Gasteiger charge is 2.36. The number of guanidine groups is 1. The molecule has 0 radical (unpaired) electrons. The van der Waals surface area contributed by atoms with Crippen LogP contribution < -0.4 is 20.3 Å². The molecule has 1 atom stereocenters. The molecular formula is C32H40N8O2. The van der Waals surface area contributed by atoms with Crippen LogP contribution in [0.15, 0.2) is 41.5 Å². The molecule has 3 aromatic rings. The highest BCUT2D eigenvalue weighted by Crippen LogP contribution is 2.43. The highest BCUT2D eigenvalue weighted by molar-refractivity contribution is 6.19. The fourth-order valence-electron chi connectivity index (χ4n) is 6.57. The number of nitrogens with zero attached hydrogens (tertiary/aromatic N) is 6. The molecule has 0 spiro atoms. The molecule has 2 aromatic heterocycles. The van der Waals surface area contributed by atoms with Crippen molar-refractivity contribution in [1.29, 1.82) is 0 Å². The lowest BCUT2D eigenvalue weighted by Crippen LogP contribution is -2.36. The summed E-state index contributed by atoms with van der Waals surface area (Å²) in [6, 6.07) is 10.0. The van der Waals surface area contributed by atoms with E-state index < -0.39 is 0 Å². The van der Waals surface area contributed by atoms with Crippen molar-refractivity contribution in [2.45, 2.75) is 45.4 Å². The summed E-state index contributed by atoms with van der Waals surface area (Å²) in [4.78, 5) is 27.8. The molecule has 10 nitrogen and oxygen atoms in total. The summed E-state index contributed by atoms with van der Waals surface area (Å²) in [7, 11) is 1.88. The van der Waals surface area contributed by atoms with Crippen LogP contribution in [0.4, 0.5) is 17.1 Å². The second-order valence-corrected chi connectivity index (χ2v) is 12.1. The van der Waals surface area contributed by atoms with Gasteiger partial charge in [0.25, 0.3) is 5.91 Å². The summed E-state index contributed by atoms with van der Waals surface area (Å²) < 4.78 is 8.03. The SMILES string of the molecule is Cc1cc2cc(n1)-c1cnn(C)c1OCCCC(C1CC1)CN1/C(=N/C2=O)Nc2ccc(NCCN3CCCC3)cc21. The van der Waals surface area contributed by atoms with E-state index in [2.05, 4.69) is 48.7 Å². The number of rotatable bonds is 5. The summed E-state index contributed by atoms with van der Waals surface area (Å²) in [6.07, 6.45) is 8.87. The Morgan fingerprint density at radius 2 is 1.93 bits per heavy atom. The van der Waals surface area contributed by atoms with Gasteiger partial charge in [0, 0.05) is 43.6 Å². The van der Waals surface area contributed by atoms with Crippen molar-refractivity contribution in [3.05, 3.63) is 47.8 Å². The van der Waals surface area contributed by atoms with Crippen LogP contribution in [0.3, 0.4) is 0 Å². The number of pyridine rings is 1. The van der Waals surface area contributed by atoms with E-state index in [1.807, 2.05) is 14.0 Å². The molecule has 1 aromatic carbocycles. The highest BCUT2D eigenvalue weighted by atomic mass is 16.5. The third kappa shape index (κ3) is 5.60. The van der Waals surface area contributed by atoms with E-state index in [0.717, 1.165) is 60.8 Å². The lowest BCUT2D eigenvalue weighted by atomic mass is 9.97. The summed E-state index contributed by atoms with van der Waals surface area (Å²) in [5.74, 6) is 2.15. The average Bonchev–Trinajstić information content (AvgIpc) is 3.41. The third-order valence-corrected chi connectivity index (χ3v) is 8.98. The Labute approximate surface area is 247 Å². The van der Waals surface area contributed by atoms with Gasteiger partial charge in [0.05, 0.1) is 35.4 Å². The molecule has 10 heteroatoms. The van der Waals surface area contributed by atoms with Crippen LogP contribution in [-0.4, -0.2) is 70.9 Å². The Balaban J connectivity index is 1.21. The number of aryl methyl sites for hydroxylation is 2. The lowest BCUT2D eigenvalue weighted by Gasteiger charge is -2.26. The first-order valence-corrected chi connectivity index (χ1v) is 15.4. The van der Waals surface area contributed by atoms with Crippen LogP contribution in [0.5, 0.6) is 5.88 Å². The number of anilines is 3. The Kier molecular flexibility index (Phi) is 7.31. The van der Waals surface area contributed by atoms with Gasteiger partial charge in [-0.25, -0.2) is 4.68 Å². The number of fused-ring (bicyclic) bond motifs is 7. The van der Waals surface area contributed by atoms with Gasteiger partial charge in [-0.15, -0.1) is 0 Å². The van der Waals surface area contributed by atoms with Gasteiger partial charge in [-0.05, 0) is 101 Å². The Hall–Kier alpha value is -3.92. The van der Waals surface area contributed by atoms with Crippen molar-refractivity contribution in [1.82, 2.24) is 19.7 Å². The number of aromatic nitrogens is 3. The smallest absolute Gasteiger partial charge is 0.280 e. The lowest BCUT2D eigenvalue weighted by molar-refractivity contribution is 0.100. The van der Waals surface area contributed by atoms with Gasteiger partial charge >= 0.3 is 0 Å². The number of aliphatic imine (C=N–C) groups is 1. The number of likely N-dealkylation sites (tertiary alicyclic amines) is 1. The van der Waals surface area contributed by atoms with Crippen molar-refractivity contribution in [2.24, 2.45) is 23.9 Å². The summed E-state index contributed by atoms with van der Waals surface area (Å²) in [6.45, 7) is 7.68. The average molecular weight is 569 g/mol. The minimum absolute atomic E-state index is 0.296. The molecule has 42 heavy (non-hydrogen) atoms. The second kappa shape index (κ2) is 11.4. The van der Waals surface area contributed by atoms with Crippen molar-refractivity contribution < 1.29 is 9.53 Å². The molecule has 1 saturated carbocycles. The monoisotopic (exact) mass is 568 g/mol. The van der Waals surface area contributed by atoms with E-state index in [9.17, 15) is 4.79 Å². The molecule has 7 rings (SSSR count). The van der Waals surface area contributed by atoms with E-state index in [1.165, 1.54) is 38.8 Å². The quantitative estimate of drug-likeness (QED) is 0.447. The maximum Gasteiger partial charge on any atom is 0.280 e. The molecule has 2 N–H and O–H groups in total. The zero-order valence-corrected chi connectivity index (χ0v) is 24.6. The predicted molar refractivity (Wildman–Crippen MR) is 165 cm³/mol. The van der Waals surface area contributed by atoms with Crippen molar-refractivity contribution in [2.75, 3.05) is 54.9 Å². The molecule has 1 amide bonds. The second-order valence-electron chi connectivity index (χ2n) is 12.1. The molecule has 2 bridgehead atoms. The first-order valence-electron chi connectivity index (χ1n) is 15.4. The molecular weight excluding hydrogens is 528 g/mol. The summed E-state index contributed by atoms with van der Waals surface area (Å²) >= 11 is 0. The molecule has 1 unspecified atom stereocenters. The predicted octanol–water partition coefficient (Wildman–Crippen LogP) is 4.93. The maximum atomic E-state index is 13.7. The Morgan fingerprint density at radius 1 is 1.07 bits per heavy atom. The third-order valence-electron chi connectivity index (χ3n) is 8.98. The molecule has 3 aliphatic heterocycles. The fourth-order valence-corrected chi connectivity index (χ4v) is 6.57. The number of carbonyl (C=O) groups is 1. The molecule has 5 heterocycles. The van der Waals surface area contributed by atoms with Crippen LogP contribution in [0.25, 0.3) is 11.3 Å². The van der Waals surface area contributed by atoms with Gasteiger partial charge in [-0.3, -0.25) is 9.78 Å². The van der Waals surface area contributed by atoms with Crippen LogP contribution in [0.1, 0.15) is 54.6 Å². The van der Waals surface area contributed by atoms with E-state index in [4.69, 9.17) is 9.72 Å². The van der Waals surface area contributed by atoms with E-state index >= 15 is 0 Å². The zero-order chi connectivity index (χ0) is 28.6. The molecule has 1 saturated heterocycles. The minimum Gasteiger partial charge on any atom is -0.477 e. The largest absolute Gasteiger partial charge is 0.477 e. The van der Waals surface area contributed by atoms with E-state index in [0.29, 0.717) is 41.5 Å². The maximum absolute atomic E-state index is 13.7. The number of nitrogens with one attached hydrogen (secondary N) is 2. The van der Waals surface area contributed by atoms with Gasteiger partial charge in [-0.1, -0.05) is 0 Å². The molecule has 4 aliphatic rings. The Morgan fingerprint density at radius 3 is 2.76 bits per heavy atom. The minimum atomic E-state index is -0.296. The number of carbonyl (C=O) groups excluding carboxylic acids is 1. The number of hydrogen-bond donors (Lipinski definition) is 2.